The summed E-state index contributed by atoms with van der Waals surface area (Å²) in [6.45, 7) is 2.56. The third-order valence-corrected chi connectivity index (χ3v) is 5.89. The third-order valence-electron chi connectivity index (χ3n) is 4.59. The summed E-state index contributed by atoms with van der Waals surface area (Å²) in [4.78, 5) is 30.7. The predicted molar refractivity (Wildman–Crippen MR) is 108 cm³/mol. The van der Waals surface area contributed by atoms with Crippen molar-refractivity contribution in [3.63, 3.8) is 0 Å². The third kappa shape index (κ3) is 4.92. The second kappa shape index (κ2) is 9.07. The summed E-state index contributed by atoms with van der Waals surface area (Å²) in [7, 11) is 0. The van der Waals surface area contributed by atoms with Gasteiger partial charge in [0.1, 0.15) is 5.82 Å². The molecule has 3 rings (SSSR count). The van der Waals surface area contributed by atoms with Gasteiger partial charge in [0.25, 0.3) is 0 Å². The number of carbonyl (C=O) groups excluding carboxylic acids is 2. The first-order valence-corrected chi connectivity index (χ1v) is 10.4. The van der Waals surface area contributed by atoms with Crippen LogP contribution >= 0.6 is 34.5 Å². The Bertz CT molecular complexity index is 866. The van der Waals surface area contributed by atoms with E-state index in [9.17, 15) is 14.0 Å². The van der Waals surface area contributed by atoms with Crippen LogP contribution in [0.4, 0.5) is 14.3 Å². The number of hydrogen-bond acceptors (Lipinski definition) is 4. The first-order valence-electron chi connectivity index (χ1n) is 8.75. The zero-order valence-corrected chi connectivity index (χ0v) is 17.4. The van der Waals surface area contributed by atoms with Gasteiger partial charge in [0.05, 0.1) is 17.0 Å². The van der Waals surface area contributed by atoms with Crippen molar-refractivity contribution < 1.29 is 14.0 Å². The van der Waals surface area contributed by atoms with E-state index in [1.807, 2.05) is 0 Å². The van der Waals surface area contributed by atoms with E-state index in [1.165, 1.54) is 23.5 Å². The Labute approximate surface area is 176 Å². The van der Waals surface area contributed by atoms with Crippen LogP contribution in [0.25, 0.3) is 0 Å². The molecule has 2 unspecified atom stereocenters. The summed E-state index contributed by atoms with van der Waals surface area (Å²) in [5, 5.41) is 8.11. The minimum atomic E-state index is -0.598. The molecule has 3 amide bonds. The van der Waals surface area contributed by atoms with Crippen LogP contribution in [-0.2, 0) is 4.79 Å². The van der Waals surface area contributed by atoms with Crippen molar-refractivity contribution in [3.05, 3.63) is 45.1 Å². The van der Waals surface area contributed by atoms with E-state index < -0.39 is 11.9 Å². The van der Waals surface area contributed by atoms with Crippen molar-refractivity contribution in [1.29, 1.82) is 0 Å². The number of urea groups is 1. The molecule has 1 saturated heterocycles. The average molecular weight is 445 g/mol. The Morgan fingerprint density at radius 3 is 2.86 bits per heavy atom. The lowest BCUT2D eigenvalue weighted by Gasteiger charge is -2.33. The fraction of sp³-hybridized carbons (Fsp3) is 0.389. The maximum atomic E-state index is 13.7. The molecule has 28 heavy (non-hydrogen) atoms. The minimum Gasteiger partial charge on any atom is -0.331 e. The highest BCUT2D eigenvalue weighted by Crippen LogP contribution is 2.29. The van der Waals surface area contributed by atoms with Gasteiger partial charge in [-0.2, -0.15) is 0 Å². The Kier molecular flexibility index (Phi) is 6.74. The van der Waals surface area contributed by atoms with Crippen LogP contribution in [0.5, 0.6) is 0 Å². The van der Waals surface area contributed by atoms with Crippen molar-refractivity contribution in [1.82, 2.24) is 15.2 Å². The van der Waals surface area contributed by atoms with Gasteiger partial charge in [-0.3, -0.25) is 4.79 Å². The number of aromatic nitrogens is 1. The molecule has 2 aromatic rings. The minimum absolute atomic E-state index is 0.0719. The average Bonchev–Trinajstić information content (AvgIpc) is 3.17. The molecule has 10 heteroatoms. The van der Waals surface area contributed by atoms with Gasteiger partial charge in [0, 0.05) is 29.7 Å². The number of nitrogens with zero attached hydrogens (tertiary/aromatic N) is 2. The summed E-state index contributed by atoms with van der Waals surface area (Å²) in [6.07, 6.45) is 3.03. The summed E-state index contributed by atoms with van der Waals surface area (Å²) in [5.74, 6) is -1.06. The predicted octanol–water partition coefficient (Wildman–Crippen LogP) is 4.71. The zero-order valence-electron chi connectivity index (χ0n) is 15.0. The van der Waals surface area contributed by atoms with Gasteiger partial charge >= 0.3 is 6.03 Å². The quantitative estimate of drug-likeness (QED) is 0.670. The molecule has 1 aromatic carbocycles. The van der Waals surface area contributed by atoms with E-state index in [0.717, 1.165) is 0 Å². The molecule has 0 aliphatic carbocycles. The maximum absolute atomic E-state index is 13.7. The fourth-order valence-corrected chi connectivity index (χ4v) is 4.17. The SMILES string of the molecule is CC(NC(=O)N1CCCC(C(=O)Nc2nccs2)C1)c1cc(F)c(Cl)cc1Cl. The van der Waals surface area contributed by atoms with Crippen molar-refractivity contribution in [3.8, 4) is 0 Å². The molecule has 0 bridgehead atoms. The van der Waals surface area contributed by atoms with Crippen LogP contribution in [0.1, 0.15) is 31.4 Å². The molecular weight excluding hydrogens is 426 g/mol. The lowest BCUT2D eigenvalue weighted by Crippen LogP contribution is -2.48. The number of halogens is 3. The van der Waals surface area contributed by atoms with Crippen LogP contribution < -0.4 is 10.6 Å². The van der Waals surface area contributed by atoms with Crippen LogP contribution in [0, 0.1) is 11.7 Å². The molecule has 2 N–H and O–H groups in total. The first kappa shape index (κ1) is 20.8. The van der Waals surface area contributed by atoms with Crippen molar-refractivity contribution in [2.24, 2.45) is 5.92 Å². The molecule has 1 aromatic heterocycles. The molecule has 2 heterocycles. The number of nitrogens with one attached hydrogen (secondary N) is 2. The Morgan fingerprint density at radius 1 is 1.36 bits per heavy atom. The lowest BCUT2D eigenvalue weighted by molar-refractivity contribution is -0.121. The van der Waals surface area contributed by atoms with Gasteiger partial charge in [-0.25, -0.2) is 14.2 Å². The number of rotatable bonds is 4. The lowest BCUT2D eigenvalue weighted by atomic mass is 9.97. The molecule has 0 spiro atoms. The van der Waals surface area contributed by atoms with Crippen molar-refractivity contribution in [2.75, 3.05) is 18.4 Å². The highest BCUT2D eigenvalue weighted by atomic mass is 35.5. The second-order valence-electron chi connectivity index (χ2n) is 6.57. The second-order valence-corrected chi connectivity index (χ2v) is 8.28. The van der Waals surface area contributed by atoms with E-state index in [1.54, 1.807) is 23.4 Å². The van der Waals surface area contributed by atoms with Gasteiger partial charge in [0.15, 0.2) is 5.13 Å². The fourth-order valence-electron chi connectivity index (χ4n) is 3.09. The molecule has 6 nitrogen and oxygen atoms in total. The Balaban J connectivity index is 1.60. The molecule has 1 fully saturated rings. The van der Waals surface area contributed by atoms with E-state index >= 15 is 0 Å². The molecule has 1 aliphatic heterocycles. The number of benzene rings is 1. The summed E-state index contributed by atoms with van der Waals surface area (Å²) >= 11 is 13.2. The van der Waals surface area contributed by atoms with Gasteiger partial charge in [-0.15, -0.1) is 11.3 Å². The number of anilines is 1. The summed E-state index contributed by atoms with van der Waals surface area (Å²) in [5.41, 5.74) is 0.437. The number of thiazole rings is 1. The molecule has 0 saturated carbocycles. The van der Waals surface area contributed by atoms with E-state index in [2.05, 4.69) is 15.6 Å². The normalized spacial score (nSPS) is 17.9. The van der Waals surface area contributed by atoms with E-state index in [4.69, 9.17) is 23.2 Å². The number of hydrogen-bond donors (Lipinski definition) is 2. The van der Waals surface area contributed by atoms with Gasteiger partial charge in [0.2, 0.25) is 5.91 Å². The number of piperidine rings is 1. The summed E-state index contributed by atoms with van der Waals surface area (Å²) in [6, 6.07) is 1.69. The monoisotopic (exact) mass is 444 g/mol. The number of amides is 3. The van der Waals surface area contributed by atoms with Gasteiger partial charge in [-0.05, 0) is 37.5 Å². The molecule has 2 atom stereocenters. The highest BCUT2D eigenvalue weighted by molar-refractivity contribution is 7.13. The molecule has 1 aliphatic rings. The zero-order chi connectivity index (χ0) is 20.3. The smallest absolute Gasteiger partial charge is 0.317 e. The van der Waals surface area contributed by atoms with Crippen LogP contribution in [-0.4, -0.2) is 34.9 Å². The summed E-state index contributed by atoms with van der Waals surface area (Å²) < 4.78 is 13.7. The van der Waals surface area contributed by atoms with Crippen molar-refractivity contribution >= 4 is 51.6 Å². The largest absolute Gasteiger partial charge is 0.331 e. The van der Waals surface area contributed by atoms with Crippen molar-refractivity contribution in [2.45, 2.75) is 25.8 Å². The Hall–Kier alpha value is -1.90. The van der Waals surface area contributed by atoms with Gasteiger partial charge < -0.3 is 15.5 Å². The van der Waals surface area contributed by atoms with E-state index in [-0.39, 0.29) is 27.9 Å². The number of carbonyl (C=O) groups is 2. The van der Waals surface area contributed by atoms with Crippen LogP contribution in [0.15, 0.2) is 23.7 Å². The van der Waals surface area contributed by atoms with E-state index in [0.29, 0.717) is 36.6 Å². The van der Waals surface area contributed by atoms with Crippen LogP contribution in [0.2, 0.25) is 10.0 Å². The molecule has 150 valence electrons. The first-order chi connectivity index (χ1) is 13.3. The number of likely N-dealkylation sites (tertiary alicyclic amines) is 1. The standard InChI is InChI=1S/C18H19Cl2FN4O2S/c1-10(12-7-15(21)14(20)8-13(12)19)23-18(27)25-5-2-3-11(9-25)16(26)24-17-22-4-6-28-17/h4,6-8,10-11H,2-3,5,9H2,1H3,(H,23,27)(H,22,24,26). The highest BCUT2D eigenvalue weighted by Gasteiger charge is 2.29. The molecular formula is C18H19Cl2FN4O2S. The molecule has 0 radical (unpaired) electrons. The van der Waals surface area contributed by atoms with Crippen LogP contribution in [0.3, 0.4) is 0 Å². The Morgan fingerprint density at radius 2 is 2.14 bits per heavy atom. The topological polar surface area (TPSA) is 74.3 Å². The van der Waals surface area contributed by atoms with Gasteiger partial charge in [-0.1, -0.05) is 23.2 Å². The maximum Gasteiger partial charge on any atom is 0.317 e.